The Morgan fingerprint density at radius 2 is 2.14 bits per heavy atom. The van der Waals surface area contributed by atoms with Crippen molar-refractivity contribution in [2.75, 3.05) is 0 Å². The van der Waals surface area contributed by atoms with Gasteiger partial charge in [0.25, 0.3) is 6.29 Å². The quantitative estimate of drug-likeness (QED) is 0.451. The van der Waals surface area contributed by atoms with Crippen LogP contribution in [0.15, 0.2) is 24.3 Å². The van der Waals surface area contributed by atoms with Crippen LogP contribution < -0.4 is 4.89 Å². The molecule has 0 aliphatic carbocycles. The van der Waals surface area contributed by atoms with Gasteiger partial charge < -0.3 is 9.99 Å². The Hall–Kier alpha value is -1.10. The number of hydrogen-bond acceptors (Lipinski definition) is 3. The van der Waals surface area contributed by atoms with E-state index in [1.165, 1.54) is 6.92 Å². The highest BCUT2D eigenvalue weighted by Gasteiger charge is 2.14. The molecule has 0 heterocycles. The van der Waals surface area contributed by atoms with Crippen LogP contribution in [0.25, 0.3) is 0 Å². The van der Waals surface area contributed by atoms with Crippen LogP contribution in [-0.4, -0.2) is 17.5 Å². The molecule has 0 amide bonds. The maximum absolute atomic E-state index is 10.9. The van der Waals surface area contributed by atoms with Gasteiger partial charge >= 0.3 is 0 Å². The van der Waals surface area contributed by atoms with Crippen molar-refractivity contribution in [3.63, 3.8) is 0 Å². The van der Waals surface area contributed by atoms with Crippen LogP contribution in [0.1, 0.15) is 12.5 Å². The highest BCUT2D eigenvalue weighted by molar-refractivity contribution is 5.26. The number of hydrogen-bond donors (Lipinski definition) is 1. The molecule has 0 aliphatic rings. The second kappa shape index (κ2) is 4.95. The molecule has 1 aromatic carbocycles. The largest absolute Gasteiger partial charge is 0.388 e. The van der Waals surface area contributed by atoms with Crippen molar-refractivity contribution in [1.82, 2.24) is 0 Å². The van der Waals surface area contributed by atoms with Crippen LogP contribution in [-0.2, 0) is 9.99 Å². The van der Waals surface area contributed by atoms with Crippen molar-refractivity contribution >= 4 is 0 Å². The van der Waals surface area contributed by atoms with Crippen molar-refractivity contribution in [2.24, 2.45) is 0 Å². The lowest BCUT2D eigenvalue weighted by atomic mass is 10.2. The van der Waals surface area contributed by atoms with Gasteiger partial charge in [-0.25, -0.2) is 0 Å². The van der Waals surface area contributed by atoms with Gasteiger partial charge in [0, 0.05) is 0 Å². The Bertz CT molecular complexity index is 285. The predicted octanol–water partition coefficient (Wildman–Crippen LogP) is 1.44. The maximum Gasteiger partial charge on any atom is 0.261 e. The van der Waals surface area contributed by atoms with Gasteiger partial charge in [-0.05, 0) is 31.5 Å². The summed E-state index contributed by atoms with van der Waals surface area (Å²) in [4.78, 5) is 9.18. The van der Waals surface area contributed by atoms with Crippen LogP contribution in [0.5, 0.6) is 5.75 Å². The molecule has 1 aromatic rings. The molecule has 0 spiro atoms. The van der Waals surface area contributed by atoms with E-state index < -0.39 is 12.4 Å². The first-order valence-corrected chi connectivity index (χ1v) is 4.33. The monoisotopic (exact) mass is 197 g/mol. The van der Waals surface area contributed by atoms with Gasteiger partial charge in [0.2, 0.25) is 0 Å². The molecule has 1 rings (SSSR count). The maximum atomic E-state index is 10.9. The number of aliphatic hydroxyl groups is 1. The minimum Gasteiger partial charge on any atom is -0.388 e. The van der Waals surface area contributed by atoms with Gasteiger partial charge in [0.05, 0.1) is 0 Å². The minimum atomic E-state index is -1.59. The third-order valence-corrected chi connectivity index (χ3v) is 1.62. The van der Waals surface area contributed by atoms with E-state index >= 15 is 0 Å². The van der Waals surface area contributed by atoms with Crippen molar-refractivity contribution in [3.05, 3.63) is 29.8 Å². The molecule has 0 saturated carbocycles. The third kappa shape index (κ3) is 3.33. The average molecular weight is 197 g/mol. The SMILES string of the molecule is Cc1cccc(OOC([O])C(C)O)c1. The second-order valence-corrected chi connectivity index (χ2v) is 3.11. The summed E-state index contributed by atoms with van der Waals surface area (Å²) in [6, 6.07) is 7.09. The lowest BCUT2D eigenvalue weighted by molar-refractivity contribution is -0.343. The fourth-order valence-corrected chi connectivity index (χ4v) is 0.851. The first-order chi connectivity index (χ1) is 6.59. The number of aryl methyl sites for hydroxylation is 1. The molecule has 4 heteroatoms. The zero-order valence-electron chi connectivity index (χ0n) is 8.14. The zero-order chi connectivity index (χ0) is 10.6. The number of rotatable bonds is 4. The second-order valence-electron chi connectivity index (χ2n) is 3.11. The Labute approximate surface area is 82.6 Å². The molecule has 1 N–H and O–H groups in total. The summed E-state index contributed by atoms with van der Waals surface area (Å²) in [6.07, 6.45) is -2.68. The van der Waals surface area contributed by atoms with Gasteiger partial charge in [-0.1, -0.05) is 12.1 Å². The molecule has 1 radical (unpaired) electrons. The highest BCUT2D eigenvalue weighted by Crippen LogP contribution is 2.13. The standard InChI is InChI=1S/C10H13O4/c1-7-4-3-5-9(6-7)13-14-10(12)8(2)11/h3-6,8,10-11H,1-2H3. The van der Waals surface area contributed by atoms with Crippen molar-refractivity contribution < 1.29 is 20.0 Å². The normalized spacial score (nSPS) is 14.9. The number of aliphatic hydroxyl groups excluding tert-OH is 1. The summed E-state index contributed by atoms with van der Waals surface area (Å²) >= 11 is 0. The smallest absolute Gasteiger partial charge is 0.261 e. The van der Waals surface area contributed by atoms with E-state index in [0.29, 0.717) is 5.75 Å². The Morgan fingerprint density at radius 3 is 2.71 bits per heavy atom. The van der Waals surface area contributed by atoms with E-state index in [0.717, 1.165) is 5.56 Å². The van der Waals surface area contributed by atoms with E-state index in [2.05, 4.69) is 4.89 Å². The first kappa shape index (κ1) is 11.0. The molecule has 0 fully saturated rings. The van der Waals surface area contributed by atoms with Gasteiger partial charge in [0.1, 0.15) is 6.10 Å². The lowest BCUT2D eigenvalue weighted by Gasteiger charge is -2.11. The van der Waals surface area contributed by atoms with Gasteiger partial charge in [0.15, 0.2) is 5.75 Å². The summed E-state index contributed by atoms with van der Waals surface area (Å²) < 4.78 is 0. The molecule has 4 nitrogen and oxygen atoms in total. The molecular formula is C10H13O4. The summed E-state index contributed by atoms with van der Waals surface area (Å²) in [6.45, 7) is 3.24. The van der Waals surface area contributed by atoms with E-state index in [-0.39, 0.29) is 0 Å². The zero-order valence-corrected chi connectivity index (χ0v) is 8.14. The summed E-state index contributed by atoms with van der Waals surface area (Å²) in [5.74, 6) is 0.450. The fraction of sp³-hybridized carbons (Fsp3) is 0.400. The van der Waals surface area contributed by atoms with E-state index in [1.54, 1.807) is 18.2 Å². The lowest BCUT2D eigenvalue weighted by Crippen LogP contribution is -2.25. The molecule has 0 aliphatic heterocycles. The molecule has 0 bridgehead atoms. The molecule has 0 aromatic heterocycles. The van der Waals surface area contributed by atoms with Crippen LogP contribution >= 0.6 is 0 Å². The summed E-state index contributed by atoms with van der Waals surface area (Å²) in [5, 5.41) is 19.7. The Kier molecular flexibility index (Phi) is 3.88. The minimum absolute atomic E-state index is 0.450. The topological polar surface area (TPSA) is 58.6 Å². The van der Waals surface area contributed by atoms with Crippen molar-refractivity contribution in [1.29, 1.82) is 0 Å². The van der Waals surface area contributed by atoms with E-state index in [4.69, 9.17) is 9.99 Å². The van der Waals surface area contributed by atoms with Gasteiger partial charge in [-0.3, -0.25) is 0 Å². The van der Waals surface area contributed by atoms with Crippen LogP contribution in [0, 0.1) is 6.92 Å². The van der Waals surface area contributed by atoms with Crippen molar-refractivity contribution in [2.45, 2.75) is 26.2 Å². The Balaban J connectivity index is 2.45. The molecular weight excluding hydrogens is 184 g/mol. The highest BCUT2D eigenvalue weighted by atomic mass is 17.2. The molecule has 2 unspecified atom stereocenters. The average Bonchev–Trinajstić information content (AvgIpc) is 2.14. The molecule has 14 heavy (non-hydrogen) atoms. The van der Waals surface area contributed by atoms with Crippen LogP contribution in [0.2, 0.25) is 0 Å². The summed E-state index contributed by atoms with van der Waals surface area (Å²) in [7, 11) is 0. The van der Waals surface area contributed by atoms with Crippen LogP contribution in [0.4, 0.5) is 0 Å². The fourth-order valence-electron chi connectivity index (χ4n) is 0.851. The van der Waals surface area contributed by atoms with Gasteiger partial charge in [-0.15, -0.1) is 0 Å². The molecule has 2 atom stereocenters. The Morgan fingerprint density at radius 1 is 1.43 bits per heavy atom. The molecule has 0 saturated heterocycles. The van der Waals surface area contributed by atoms with Crippen LogP contribution in [0.3, 0.4) is 0 Å². The first-order valence-electron chi connectivity index (χ1n) is 4.33. The van der Waals surface area contributed by atoms with E-state index in [1.807, 2.05) is 13.0 Å². The number of benzene rings is 1. The van der Waals surface area contributed by atoms with E-state index in [9.17, 15) is 5.11 Å². The van der Waals surface area contributed by atoms with Crippen molar-refractivity contribution in [3.8, 4) is 5.75 Å². The predicted molar refractivity (Wildman–Crippen MR) is 49.0 cm³/mol. The third-order valence-electron chi connectivity index (χ3n) is 1.62. The van der Waals surface area contributed by atoms with Gasteiger partial charge in [-0.2, -0.15) is 9.99 Å². The summed E-state index contributed by atoms with van der Waals surface area (Å²) in [5.41, 5.74) is 1.01. The molecule has 77 valence electrons.